The van der Waals surface area contributed by atoms with Gasteiger partial charge in [0, 0.05) is 19.8 Å². The number of ether oxygens (including phenoxy) is 1. The molecule has 3 rings (SSSR count). The molecule has 0 saturated carbocycles. The number of nitrogens with two attached hydrogens (primary N) is 1. The third-order valence-electron chi connectivity index (χ3n) is 3.89. The fourth-order valence-electron chi connectivity index (χ4n) is 2.38. The molecule has 0 bridgehead atoms. The summed E-state index contributed by atoms with van der Waals surface area (Å²) in [6.45, 7) is 1.64. The summed E-state index contributed by atoms with van der Waals surface area (Å²) in [4.78, 5) is 38.4. The van der Waals surface area contributed by atoms with Crippen LogP contribution in [0.4, 0.5) is 17.6 Å². The second-order valence-corrected chi connectivity index (χ2v) is 6.34. The maximum atomic E-state index is 12.4. The van der Waals surface area contributed by atoms with Crippen molar-refractivity contribution in [3.05, 3.63) is 59.3 Å². The predicted octanol–water partition coefficient (Wildman–Crippen LogP) is 2.03. The molecule has 0 fully saturated rings. The normalized spacial score (nSPS) is 10.4. The van der Waals surface area contributed by atoms with Crippen LogP contribution in [-0.4, -0.2) is 40.9 Å². The van der Waals surface area contributed by atoms with E-state index in [0.29, 0.717) is 11.6 Å². The fourth-order valence-corrected chi connectivity index (χ4v) is 2.38. The molecule has 0 aliphatic carbocycles. The van der Waals surface area contributed by atoms with Crippen LogP contribution in [0.5, 0.6) is 0 Å². The number of esters is 1. The van der Waals surface area contributed by atoms with Gasteiger partial charge in [-0.15, -0.1) is 0 Å². The molecule has 0 spiro atoms. The highest BCUT2D eigenvalue weighted by atomic mass is 16.5. The van der Waals surface area contributed by atoms with Crippen molar-refractivity contribution in [2.24, 2.45) is 0 Å². The van der Waals surface area contributed by atoms with E-state index in [-0.39, 0.29) is 29.7 Å². The molecule has 0 aliphatic rings. The monoisotopic (exact) mass is 396 g/mol. The molecule has 2 heterocycles. The first-order valence-electron chi connectivity index (χ1n) is 8.64. The van der Waals surface area contributed by atoms with Crippen LogP contribution in [0.25, 0.3) is 0 Å². The molecule has 1 amide bonds. The van der Waals surface area contributed by atoms with E-state index in [1.165, 1.54) is 12.3 Å². The summed E-state index contributed by atoms with van der Waals surface area (Å²) in [7, 11) is 3.52. The van der Waals surface area contributed by atoms with E-state index in [9.17, 15) is 9.59 Å². The summed E-state index contributed by atoms with van der Waals surface area (Å²) in [6, 6.07) is 8.01. The zero-order valence-electron chi connectivity index (χ0n) is 16.2. The summed E-state index contributed by atoms with van der Waals surface area (Å²) >= 11 is 0. The topological polar surface area (TPSA) is 136 Å². The predicted molar refractivity (Wildman–Crippen MR) is 106 cm³/mol. The van der Waals surface area contributed by atoms with Crippen molar-refractivity contribution >= 4 is 29.5 Å². The van der Waals surface area contributed by atoms with Crippen LogP contribution in [0, 0.1) is 6.92 Å². The van der Waals surface area contributed by atoms with Crippen LogP contribution in [-0.2, 0) is 11.3 Å². The van der Waals surface area contributed by atoms with Crippen LogP contribution >= 0.6 is 0 Å². The molecule has 29 heavy (non-hydrogen) atoms. The molecule has 1 aromatic carbocycles. The van der Waals surface area contributed by atoms with Gasteiger partial charge >= 0.3 is 5.97 Å². The van der Waals surface area contributed by atoms with Crippen molar-refractivity contribution in [1.29, 1.82) is 0 Å². The van der Waals surface area contributed by atoms with Gasteiger partial charge in [0.2, 0.25) is 11.9 Å². The first kappa shape index (κ1) is 19.8. The molecule has 10 heteroatoms. The Kier molecular flexibility index (Phi) is 5.72. The second-order valence-electron chi connectivity index (χ2n) is 6.34. The second kappa shape index (κ2) is 8.38. The molecule has 3 N–H and O–H groups in total. The summed E-state index contributed by atoms with van der Waals surface area (Å²) in [5.41, 5.74) is 7.18. The van der Waals surface area contributed by atoms with Gasteiger partial charge in [0.05, 0.1) is 11.8 Å². The minimum atomic E-state index is -0.594. The van der Waals surface area contributed by atoms with Crippen LogP contribution in [0.3, 0.4) is 0 Å². The number of aromatic nitrogens is 3. The van der Waals surface area contributed by atoms with Crippen molar-refractivity contribution in [2.75, 3.05) is 30.0 Å². The van der Waals surface area contributed by atoms with E-state index in [4.69, 9.17) is 14.9 Å². The van der Waals surface area contributed by atoms with Gasteiger partial charge in [0.1, 0.15) is 0 Å². The lowest BCUT2D eigenvalue weighted by Gasteiger charge is -2.12. The highest BCUT2D eigenvalue weighted by Crippen LogP contribution is 2.19. The van der Waals surface area contributed by atoms with Crippen molar-refractivity contribution < 1.29 is 18.7 Å². The number of furan rings is 1. The quantitative estimate of drug-likeness (QED) is 0.600. The van der Waals surface area contributed by atoms with Crippen molar-refractivity contribution in [3.63, 3.8) is 0 Å². The van der Waals surface area contributed by atoms with Crippen LogP contribution < -0.4 is 16.0 Å². The van der Waals surface area contributed by atoms with E-state index in [0.717, 1.165) is 5.56 Å². The van der Waals surface area contributed by atoms with Gasteiger partial charge in [-0.1, -0.05) is 6.07 Å². The SMILES string of the molecule is Cc1ccc(C(=O)OCc2nc(N)nc(N(C)C)n2)cc1NC(=O)c1ccco1. The Labute approximate surface area is 166 Å². The van der Waals surface area contributed by atoms with Crippen LogP contribution in [0.1, 0.15) is 32.3 Å². The first-order chi connectivity index (χ1) is 13.8. The molecular weight excluding hydrogens is 376 g/mol. The number of nitrogens with zero attached hydrogens (tertiary/aromatic N) is 4. The average molecular weight is 396 g/mol. The molecule has 150 valence electrons. The Hall–Kier alpha value is -3.95. The molecule has 0 radical (unpaired) electrons. The molecule has 0 aliphatic heterocycles. The largest absolute Gasteiger partial charge is 0.459 e. The number of benzene rings is 1. The first-order valence-corrected chi connectivity index (χ1v) is 8.64. The van der Waals surface area contributed by atoms with Crippen molar-refractivity contribution in [2.45, 2.75) is 13.5 Å². The number of hydrogen-bond acceptors (Lipinski definition) is 9. The summed E-state index contributed by atoms with van der Waals surface area (Å²) in [6.07, 6.45) is 1.41. The Morgan fingerprint density at radius 1 is 1.21 bits per heavy atom. The lowest BCUT2D eigenvalue weighted by Crippen LogP contribution is -2.17. The van der Waals surface area contributed by atoms with E-state index >= 15 is 0 Å². The molecule has 0 saturated heterocycles. The Bertz CT molecular complexity index is 1030. The standard InChI is InChI=1S/C19H20N6O4/c1-11-6-7-12(9-13(11)21-16(26)14-5-4-8-28-14)17(27)29-10-15-22-18(20)24-19(23-15)25(2)3/h4-9H,10H2,1-3H3,(H,21,26)(H2,20,22,23,24). The minimum absolute atomic E-state index is 0.0352. The van der Waals surface area contributed by atoms with Gasteiger partial charge < -0.3 is 25.1 Å². The van der Waals surface area contributed by atoms with Gasteiger partial charge in [-0.25, -0.2) is 4.79 Å². The number of anilines is 3. The number of carbonyl (C=O) groups is 2. The Morgan fingerprint density at radius 3 is 2.69 bits per heavy atom. The number of aryl methyl sites for hydroxylation is 1. The van der Waals surface area contributed by atoms with Crippen LogP contribution in [0.2, 0.25) is 0 Å². The van der Waals surface area contributed by atoms with Gasteiger partial charge in [0.25, 0.3) is 5.91 Å². The summed E-state index contributed by atoms with van der Waals surface area (Å²) in [5, 5.41) is 2.71. The van der Waals surface area contributed by atoms with E-state index < -0.39 is 11.9 Å². The lowest BCUT2D eigenvalue weighted by atomic mass is 10.1. The van der Waals surface area contributed by atoms with E-state index in [1.807, 2.05) is 6.92 Å². The van der Waals surface area contributed by atoms with Crippen molar-refractivity contribution in [3.8, 4) is 0 Å². The molecular formula is C19H20N6O4. The number of hydrogen-bond donors (Lipinski definition) is 2. The number of nitrogen functional groups attached to an aromatic ring is 1. The summed E-state index contributed by atoms with van der Waals surface area (Å²) < 4.78 is 10.4. The molecule has 10 nitrogen and oxygen atoms in total. The number of carbonyl (C=O) groups excluding carboxylic acids is 2. The lowest BCUT2D eigenvalue weighted by molar-refractivity contribution is 0.0462. The Balaban J connectivity index is 1.71. The smallest absolute Gasteiger partial charge is 0.338 e. The van der Waals surface area contributed by atoms with Gasteiger partial charge in [0.15, 0.2) is 18.2 Å². The van der Waals surface area contributed by atoms with Gasteiger partial charge in [-0.05, 0) is 36.8 Å². The average Bonchev–Trinajstić information content (AvgIpc) is 3.22. The van der Waals surface area contributed by atoms with Crippen LogP contribution in [0.15, 0.2) is 41.0 Å². The molecule has 0 unspecified atom stereocenters. The maximum Gasteiger partial charge on any atom is 0.338 e. The van der Waals surface area contributed by atoms with E-state index in [1.54, 1.807) is 43.3 Å². The molecule has 3 aromatic rings. The minimum Gasteiger partial charge on any atom is -0.459 e. The number of rotatable bonds is 6. The zero-order valence-corrected chi connectivity index (χ0v) is 16.2. The van der Waals surface area contributed by atoms with Gasteiger partial charge in [-0.3, -0.25) is 4.79 Å². The van der Waals surface area contributed by atoms with E-state index in [2.05, 4.69) is 20.3 Å². The Morgan fingerprint density at radius 2 is 2.00 bits per heavy atom. The number of nitrogens with one attached hydrogen (secondary N) is 1. The van der Waals surface area contributed by atoms with Gasteiger partial charge in [-0.2, -0.15) is 15.0 Å². The highest BCUT2D eigenvalue weighted by Gasteiger charge is 2.15. The third-order valence-corrected chi connectivity index (χ3v) is 3.89. The van der Waals surface area contributed by atoms with Crippen molar-refractivity contribution in [1.82, 2.24) is 15.0 Å². The molecule has 0 atom stereocenters. The number of amides is 1. The summed E-state index contributed by atoms with van der Waals surface area (Å²) in [5.74, 6) is -0.214. The highest BCUT2D eigenvalue weighted by molar-refractivity contribution is 6.03. The zero-order chi connectivity index (χ0) is 21.0. The maximum absolute atomic E-state index is 12.4. The third kappa shape index (κ3) is 4.86. The fraction of sp³-hybridized carbons (Fsp3) is 0.211. The molecule has 2 aromatic heterocycles.